The standard InChI is InChI=1S/C26H29FN4O3S/c1-16(2)29-25(34)24(19-6-8-20(27)9-7-19)31(21-10-5-17(3)18(4)15-21)23(33)12-11-22(32)30-26-28-13-14-35-26/h5-10,13-16,24H,11-12H2,1-4H3,(H,29,34)(H,28,30,32). The minimum atomic E-state index is -1.05. The third kappa shape index (κ3) is 6.95. The smallest absolute Gasteiger partial charge is 0.248 e. The molecule has 1 atom stereocenters. The molecule has 0 spiro atoms. The Kier molecular flexibility index (Phi) is 8.70. The monoisotopic (exact) mass is 496 g/mol. The highest BCUT2D eigenvalue weighted by molar-refractivity contribution is 7.13. The number of carbonyl (C=O) groups is 3. The van der Waals surface area contributed by atoms with Crippen molar-refractivity contribution in [2.75, 3.05) is 10.2 Å². The molecule has 35 heavy (non-hydrogen) atoms. The van der Waals surface area contributed by atoms with Gasteiger partial charge in [0.2, 0.25) is 17.7 Å². The third-order valence-corrected chi connectivity index (χ3v) is 6.09. The van der Waals surface area contributed by atoms with Crippen molar-refractivity contribution < 1.29 is 18.8 Å². The van der Waals surface area contributed by atoms with Crippen molar-refractivity contribution in [1.82, 2.24) is 10.3 Å². The predicted molar refractivity (Wildman–Crippen MR) is 136 cm³/mol. The van der Waals surface area contributed by atoms with E-state index in [0.717, 1.165) is 11.1 Å². The van der Waals surface area contributed by atoms with Gasteiger partial charge in [0, 0.05) is 36.1 Å². The summed E-state index contributed by atoms with van der Waals surface area (Å²) < 4.78 is 13.7. The Labute approximate surface area is 208 Å². The summed E-state index contributed by atoms with van der Waals surface area (Å²) in [5.41, 5.74) is 2.97. The molecule has 0 radical (unpaired) electrons. The number of carbonyl (C=O) groups excluding carboxylic acids is 3. The van der Waals surface area contributed by atoms with Crippen LogP contribution in [0, 0.1) is 19.7 Å². The molecule has 0 fully saturated rings. The number of thiazole rings is 1. The summed E-state index contributed by atoms with van der Waals surface area (Å²) in [7, 11) is 0. The highest BCUT2D eigenvalue weighted by Gasteiger charge is 2.33. The summed E-state index contributed by atoms with van der Waals surface area (Å²) in [6.07, 6.45) is 1.37. The number of anilines is 2. The van der Waals surface area contributed by atoms with E-state index < -0.39 is 23.7 Å². The first kappa shape index (κ1) is 26.0. The highest BCUT2D eigenvalue weighted by atomic mass is 32.1. The molecule has 0 aliphatic heterocycles. The van der Waals surface area contributed by atoms with Crippen molar-refractivity contribution in [3.63, 3.8) is 0 Å². The Bertz CT molecular complexity index is 1180. The Morgan fingerprint density at radius 1 is 1.03 bits per heavy atom. The maximum Gasteiger partial charge on any atom is 0.248 e. The van der Waals surface area contributed by atoms with Crippen molar-refractivity contribution >= 4 is 39.9 Å². The first-order valence-electron chi connectivity index (χ1n) is 11.3. The molecule has 3 aromatic rings. The lowest BCUT2D eigenvalue weighted by molar-refractivity contribution is -0.127. The molecule has 184 valence electrons. The summed E-state index contributed by atoms with van der Waals surface area (Å²) in [5, 5.41) is 7.73. The van der Waals surface area contributed by atoms with Crippen LogP contribution < -0.4 is 15.5 Å². The summed E-state index contributed by atoms with van der Waals surface area (Å²) in [5.74, 6) is -1.60. The second-order valence-corrected chi connectivity index (χ2v) is 9.43. The van der Waals surface area contributed by atoms with Crippen molar-refractivity contribution in [2.45, 2.75) is 52.6 Å². The molecule has 0 bridgehead atoms. The maximum absolute atomic E-state index is 13.7. The molecule has 1 aromatic heterocycles. The third-order valence-electron chi connectivity index (χ3n) is 5.41. The number of aromatic nitrogens is 1. The first-order valence-corrected chi connectivity index (χ1v) is 12.2. The van der Waals surface area contributed by atoms with Gasteiger partial charge in [-0.1, -0.05) is 18.2 Å². The van der Waals surface area contributed by atoms with Crippen LogP contribution in [0.25, 0.3) is 0 Å². The van der Waals surface area contributed by atoms with E-state index in [0.29, 0.717) is 16.4 Å². The minimum absolute atomic E-state index is 0.0817. The van der Waals surface area contributed by atoms with E-state index in [1.54, 1.807) is 17.6 Å². The van der Waals surface area contributed by atoms with Gasteiger partial charge in [0.05, 0.1) is 0 Å². The fourth-order valence-corrected chi connectivity index (χ4v) is 4.09. The van der Waals surface area contributed by atoms with E-state index in [1.807, 2.05) is 39.8 Å². The fourth-order valence-electron chi connectivity index (χ4n) is 3.55. The SMILES string of the molecule is Cc1ccc(N(C(=O)CCC(=O)Nc2nccs2)C(C(=O)NC(C)C)c2ccc(F)cc2)cc1C. The van der Waals surface area contributed by atoms with E-state index in [9.17, 15) is 18.8 Å². The number of rotatable bonds is 9. The van der Waals surface area contributed by atoms with Crippen molar-refractivity contribution in [2.24, 2.45) is 0 Å². The van der Waals surface area contributed by atoms with Crippen LogP contribution in [0.1, 0.15) is 49.4 Å². The van der Waals surface area contributed by atoms with Crippen LogP contribution in [-0.4, -0.2) is 28.7 Å². The van der Waals surface area contributed by atoms with E-state index in [1.165, 1.54) is 40.5 Å². The molecular formula is C26H29FN4O3S. The molecule has 7 nitrogen and oxygen atoms in total. The maximum atomic E-state index is 13.7. The number of nitrogens with zero attached hydrogens (tertiary/aromatic N) is 2. The predicted octanol–water partition coefficient (Wildman–Crippen LogP) is 4.92. The molecule has 0 saturated heterocycles. The number of benzene rings is 2. The van der Waals surface area contributed by atoms with Gasteiger partial charge in [-0.25, -0.2) is 9.37 Å². The van der Waals surface area contributed by atoms with Gasteiger partial charge in [0.1, 0.15) is 11.9 Å². The van der Waals surface area contributed by atoms with Gasteiger partial charge >= 0.3 is 0 Å². The number of hydrogen-bond donors (Lipinski definition) is 2. The van der Waals surface area contributed by atoms with Gasteiger partial charge in [0.25, 0.3) is 0 Å². The molecule has 9 heteroatoms. The zero-order valence-corrected chi connectivity index (χ0v) is 21.0. The molecule has 0 aliphatic carbocycles. The summed E-state index contributed by atoms with van der Waals surface area (Å²) in [4.78, 5) is 44.8. The number of nitrogens with one attached hydrogen (secondary N) is 2. The molecule has 0 aliphatic rings. The number of aryl methyl sites for hydroxylation is 2. The van der Waals surface area contributed by atoms with Crippen LogP contribution in [0.2, 0.25) is 0 Å². The van der Waals surface area contributed by atoms with E-state index in [4.69, 9.17) is 0 Å². The lowest BCUT2D eigenvalue weighted by Crippen LogP contribution is -2.46. The van der Waals surface area contributed by atoms with Crippen LogP contribution in [-0.2, 0) is 14.4 Å². The number of amides is 3. The number of hydrogen-bond acceptors (Lipinski definition) is 5. The van der Waals surface area contributed by atoms with Gasteiger partial charge < -0.3 is 10.6 Å². The molecule has 3 rings (SSSR count). The van der Waals surface area contributed by atoms with Gasteiger partial charge in [-0.05, 0) is 68.7 Å². The molecule has 3 amide bonds. The average Bonchev–Trinajstić information content (AvgIpc) is 3.31. The highest BCUT2D eigenvalue weighted by Crippen LogP contribution is 2.31. The van der Waals surface area contributed by atoms with Crippen LogP contribution in [0.4, 0.5) is 15.2 Å². The topological polar surface area (TPSA) is 91.4 Å². The van der Waals surface area contributed by atoms with Crippen LogP contribution >= 0.6 is 11.3 Å². The zero-order valence-electron chi connectivity index (χ0n) is 20.2. The summed E-state index contributed by atoms with van der Waals surface area (Å²) in [6, 6.07) is 9.78. The van der Waals surface area contributed by atoms with Crippen LogP contribution in [0.3, 0.4) is 0 Å². The van der Waals surface area contributed by atoms with Crippen LogP contribution in [0.5, 0.6) is 0 Å². The minimum Gasteiger partial charge on any atom is -0.352 e. The number of halogens is 1. The lowest BCUT2D eigenvalue weighted by atomic mass is 10.0. The largest absolute Gasteiger partial charge is 0.352 e. The zero-order chi connectivity index (χ0) is 25.5. The second-order valence-electron chi connectivity index (χ2n) is 8.54. The molecular weight excluding hydrogens is 467 g/mol. The quantitative estimate of drug-likeness (QED) is 0.440. The van der Waals surface area contributed by atoms with Gasteiger partial charge in [-0.2, -0.15) is 0 Å². The van der Waals surface area contributed by atoms with Crippen LogP contribution in [0.15, 0.2) is 54.0 Å². The Balaban J connectivity index is 1.97. The Hall–Kier alpha value is -3.59. The average molecular weight is 497 g/mol. The Morgan fingerprint density at radius 3 is 2.34 bits per heavy atom. The summed E-state index contributed by atoms with van der Waals surface area (Å²) in [6.45, 7) is 7.52. The van der Waals surface area contributed by atoms with Gasteiger partial charge in [-0.3, -0.25) is 19.3 Å². The molecule has 2 N–H and O–H groups in total. The normalized spacial score (nSPS) is 11.7. The molecule has 1 unspecified atom stereocenters. The van der Waals surface area contributed by atoms with E-state index in [2.05, 4.69) is 15.6 Å². The second kappa shape index (κ2) is 11.7. The lowest BCUT2D eigenvalue weighted by Gasteiger charge is -2.32. The molecule has 0 saturated carbocycles. The van der Waals surface area contributed by atoms with Crippen molar-refractivity contribution in [1.29, 1.82) is 0 Å². The molecule has 2 aromatic carbocycles. The Morgan fingerprint density at radius 2 is 1.74 bits per heavy atom. The van der Waals surface area contributed by atoms with E-state index >= 15 is 0 Å². The first-order chi connectivity index (χ1) is 16.7. The van der Waals surface area contributed by atoms with Crippen molar-refractivity contribution in [3.8, 4) is 0 Å². The fraction of sp³-hybridized carbons (Fsp3) is 0.308. The molecule has 1 heterocycles. The van der Waals surface area contributed by atoms with E-state index in [-0.39, 0.29) is 24.8 Å². The van der Waals surface area contributed by atoms with Crippen molar-refractivity contribution in [3.05, 3.63) is 76.5 Å². The van der Waals surface area contributed by atoms with Gasteiger partial charge in [0.15, 0.2) is 5.13 Å². The summed E-state index contributed by atoms with van der Waals surface area (Å²) >= 11 is 1.28. The van der Waals surface area contributed by atoms with Gasteiger partial charge in [-0.15, -0.1) is 11.3 Å².